The van der Waals surface area contributed by atoms with Crippen LogP contribution < -0.4 is 4.74 Å². The molecule has 2 aliphatic rings. The van der Waals surface area contributed by atoms with E-state index >= 15 is 0 Å². The van der Waals surface area contributed by atoms with Crippen molar-refractivity contribution in [1.29, 1.82) is 0 Å². The second-order valence-corrected chi connectivity index (χ2v) is 9.12. The molecule has 2 heterocycles. The zero-order valence-corrected chi connectivity index (χ0v) is 20.4. The number of hydrogen-bond acceptors (Lipinski definition) is 6. The summed E-state index contributed by atoms with van der Waals surface area (Å²) in [4.78, 5) is 29.9. The van der Waals surface area contributed by atoms with Gasteiger partial charge in [0.1, 0.15) is 5.76 Å². The summed E-state index contributed by atoms with van der Waals surface area (Å²) in [6.07, 6.45) is 0.661. The average molecular weight is 533 g/mol. The number of ketones is 1. The molecule has 7 nitrogen and oxygen atoms in total. The lowest BCUT2D eigenvalue weighted by Crippen LogP contribution is -2.38. The Kier molecular flexibility index (Phi) is 7.65. The van der Waals surface area contributed by atoms with Crippen molar-refractivity contribution in [3.63, 3.8) is 0 Å². The van der Waals surface area contributed by atoms with Crippen LogP contribution in [0, 0.1) is 5.82 Å². The van der Waals surface area contributed by atoms with E-state index in [2.05, 4.69) is 20.8 Å². The van der Waals surface area contributed by atoms with Gasteiger partial charge >= 0.3 is 0 Å². The van der Waals surface area contributed by atoms with E-state index in [4.69, 9.17) is 9.47 Å². The van der Waals surface area contributed by atoms with Gasteiger partial charge in [0.15, 0.2) is 11.6 Å². The van der Waals surface area contributed by atoms with Crippen LogP contribution in [0.2, 0.25) is 0 Å². The Labute approximate surface area is 205 Å². The lowest BCUT2D eigenvalue weighted by Gasteiger charge is -2.29. The number of amides is 1. The number of rotatable bonds is 7. The van der Waals surface area contributed by atoms with Gasteiger partial charge in [-0.2, -0.15) is 0 Å². The highest BCUT2D eigenvalue weighted by molar-refractivity contribution is 9.10. The van der Waals surface area contributed by atoms with Crippen LogP contribution in [-0.4, -0.2) is 73.1 Å². The van der Waals surface area contributed by atoms with Crippen LogP contribution >= 0.6 is 15.9 Å². The van der Waals surface area contributed by atoms with Crippen molar-refractivity contribution in [3.05, 3.63) is 69.5 Å². The van der Waals surface area contributed by atoms with E-state index in [1.54, 1.807) is 12.1 Å². The minimum Gasteiger partial charge on any atom is -0.507 e. The molecule has 2 aromatic rings. The molecule has 2 saturated heterocycles. The number of aliphatic hydroxyl groups is 1. The first kappa shape index (κ1) is 24.4. The fourth-order valence-electron chi connectivity index (χ4n) is 4.39. The summed E-state index contributed by atoms with van der Waals surface area (Å²) in [5, 5.41) is 11.1. The van der Waals surface area contributed by atoms with E-state index in [1.165, 1.54) is 24.1 Å². The Morgan fingerprint density at radius 1 is 1.18 bits per heavy atom. The maximum absolute atomic E-state index is 14.3. The first-order chi connectivity index (χ1) is 16.4. The first-order valence-corrected chi connectivity index (χ1v) is 11.9. The van der Waals surface area contributed by atoms with Crippen LogP contribution in [-0.2, 0) is 14.3 Å². The van der Waals surface area contributed by atoms with Crippen LogP contribution in [0.1, 0.15) is 23.6 Å². The van der Waals surface area contributed by atoms with E-state index in [0.29, 0.717) is 31.7 Å². The molecule has 2 aromatic carbocycles. The van der Waals surface area contributed by atoms with Gasteiger partial charge in [-0.3, -0.25) is 14.5 Å². The Morgan fingerprint density at radius 2 is 1.94 bits per heavy atom. The summed E-state index contributed by atoms with van der Waals surface area (Å²) < 4.78 is 25.4. The van der Waals surface area contributed by atoms with Gasteiger partial charge in [-0.25, -0.2) is 4.39 Å². The van der Waals surface area contributed by atoms with Crippen molar-refractivity contribution in [1.82, 2.24) is 9.80 Å². The zero-order chi connectivity index (χ0) is 24.2. The second kappa shape index (κ2) is 10.7. The SMILES string of the molecule is COc1ccc(/C(O)=C2\C(=O)C(=O)N(CCCN3CCOCC3)C2c2cccc(Br)c2)cc1F. The van der Waals surface area contributed by atoms with Crippen molar-refractivity contribution in [2.24, 2.45) is 0 Å². The maximum atomic E-state index is 14.3. The van der Waals surface area contributed by atoms with Crippen LogP contribution in [0.3, 0.4) is 0 Å². The summed E-state index contributed by atoms with van der Waals surface area (Å²) >= 11 is 3.44. The van der Waals surface area contributed by atoms with Crippen molar-refractivity contribution in [2.75, 3.05) is 46.5 Å². The molecule has 2 aliphatic heterocycles. The van der Waals surface area contributed by atoms with Gasteiger partial charge in [-0.1, -0.05) is 28.1 Å². The number of methoxy groups -OCH3 is 1. The minimum absolute atomic E-state index is 0.0173. The standard InChI is InChI=1S/C25H26BrFN2O5/c1-33-20-7-6-17(15-19(20)27)23(30)21-22(16-4-2-5-18(26)14-16)29(25(32)24(21)31)9-3-8-28-10-12-34-13-11-28/h2,4-7,14-15,22,30H,3,8-13H2,1H3/b23-21+. The third-order valence-electron chi connectivity index (χ3n) is 6.11. The van der Waals surface area contributed by atoms with E-state index in [0.717, 1.165) is 30.2 Å². The van der Waals surface area contributed by atoms with Crippen molar-refractivity contribution >= 4 is 33.4 Å². The van der Waals surface area contributed by atoms with Gasteiger partial charge in [0.25, 0.3) is 11.7 Å². The van der Waals surface area contributed by atoms with E-state index in [-0.39, 0.29) is 16.9 Å². The molecule has 0 aromatic heterocycles. The molecule has 1 atom stereocenters. The number of benzene rings is 2. The average Bonchev–Trinajstić information content (AvgIpc) is 3.09. The van der Waals surface area contributed by atoms with Crippen molar-refractivity contribution in [3.8, 4) is 5.75 Å². The van der Waals surface area contributed by atoms with Gasteiger partial charge in [0, 0.05) is 36.2 Å². The summed E-state index contributed by atoms with van der Waals surface area (Å²) in [6, 6.07) is 10.4. The largest absolute Gasteiger partial charge is 0.507 e. The molecule has 0 saturated carbocycles. The molecule has 1 N–H and O–H groups in total. The van der Waals surface area contributed by atoms with Crippen LogP contribution in [0.15, 0.2) is 52.5 Å². The number of aliphatic hydroxyl groups excluding tert-OH is 1. The molecular weight excluding hydrogens is 507 g/mol. The number of carbonyl (C=O) groups excluding carboxylic acids is 2. The molecule has 9 heteroatoms. The topological polar surface area (TPSA) is 79.3 Å². The quantitative estimate of drug-likeness (QED) is 0.332. The molecule has 0 aliphatic carbocycles. The molecule has 0 bridgehead atoms. The minimum atomic E-state index is -0.787. The highest BCUT2D eigenvalue weighted by Crippen LogP contribution is 2.40. The van der Waals surface area contributed by atoms with Crippen molar-refractivity contribution < 1.29 is 28.6 Å². The smallest absolute Gasteiger partial charge is 0.295 e. The zero-order valence-electron chi connectivity index (χ0n) is 18.8. The molecule has 1 unspecified atom stereocenters. The van der Waals surface area contributed by atoms with Crippen molar-refractivity contribution in [2.45, 2.75) is 12.5 Å². The monoisotopic (exact) mass is 532 g/mol. The number of likely N-dealkylation sites (tertiary alicyclic amines) is 1. The number of nitrogens with zero attached hydrogens (tertiary/aromatic N) is 2. The Bertz CT molecular complexity index is 1120. The molecule has 34 heavy (non-hydrogen) atoms. The highest BCUT2D eigenvalue weighted by Gasteiger charge is 2.46. The highest BCUT2D eigenvalue weighted by atomic mass is 79.9. The van der Waals surface area contributed by atoms with Gasteiger partial charge in [-0.15, -0.1) is 0 Å². The summed E-state index contributed by atoms with van der Waals surface area (Å²) in [7, 11) is 1.34. The lowest BCUT2D eigenvalue weighted by molar-refractivity contribution is -0.140. The predicted octanol–water partition coefficient (Wildman–Crippen LogP) is 3.74. The fraction of sp³-hybridized carbons (Fsp3) is 0.360. The Hall–Kier alpha value is -2.75. The molecule has 0 radical (unpaired) electrons. The Balaban J connectivity index is 1.69. The van der Waals surface area contributed by atoms with E-state index in [9.17, 15) is 19.1 Å². The van der Waals surface area contributed by atoms with Crippen LogP contribution in [0.25, 0.3) is 5.76 Å². The van der Waals surface area contributed by atoms with Gasteiger partial charge < -0.3 is 19.5 Å². The number of Topliss-reactive ketones (excluding diaryl/α,β-unsaturated/α-hetero) is 1. The molecule has 1 amide bonds. The molecular formula is C25H26BrFN2O5. The van der Waals surface area contributed by atoms with Crippen LogP contribution in [0.4, 0.5) is 4.39 Å². The summed E-state index contributed by atoms with van der Waals surface area (Å²) in [5.41, 5.74) is 0.721. The number of carbonyl (C=O) groups is 2. The molecule has 0 spiro atoms. The second-order valence-electron chi connectivity index (χ2n) is 8.20. The van der Waals surface area contributed by atoms with E-state index in [1.807, 2.05) is 12.1 Å². The number of morpholine rings is 1. The van der Waals surface area contributed by atoms with Gasteiger partial charge in [0.05, 0.1) is 31.9 Å². The number of hydrogen-bond donors (Lipinski definition) is 1. The summed E-state index contributed by atoms with van der Waals surface area (Å²) in [6.45, 7) is 4.13. The third kappa shape index (κ3) is 5.01. The molecule has 2 fully saturated rings. The fourth-order valence-corrected chi connectivity index (χ4v) is 4.81. The predicted molar refractivity (Wildman–Crippen MR) is 128 cm³/mol. The lowest BCUT2D eigenvalue weighted by atomic mass is 9.95. The first-order valence-electron chi connectivity index (χ1n) is 11.1. The van der Waals surface area contributed by atoms with E-state index < -0.39 is 29.3 Å². The normalized spacial score (nSPS) is 20.7. The molecule has 4 rings (SSSR count). The number of ether oxygens (including phenoxy) is 2. The van der Waals surface area contributed by atoms with Gasteiger partial charge in [0.2, 0.25) is 0 Å². The number of halogens is 2. The third-order valence-corrected chi connectivity index (χ3v) is 6.60. The summed E-state index contributed by atoms with van der Waals surface area (Å²) in [5.74, 6) is -2.54. The molecule has 180 valence electrons. The van der Waals surface area contributed by atoms with Crippen LogP contribution in [0.5, 0.6) is 5.75 Å². The van der Waals surface area contributed by atoms with Gasteiger partial charge in [-0.05, 0) is 42.3 Å². The maximum Gasteiger partial charge on any atom is 0.295 e. The Morgan fingerprint density at radius 3 is 2.62 bits per heavy atom.